The van der Waals surface area contributed by atoms with Crippen molar-refractivity contribution in [3.8, 4) is 17.2 Å². The summed E-state index contributed by atoms with van der Waals surface area (Å²) in [6.45, 7) is 0. The van der Waals surface area contributed by atoms with E-state index >= 15 is 0 Å². The molecule has 0 saturated heterocycles. The lowest BCUT2D eigenvalue weighted by molar-refractivity contribution is 0.103. The minimum atomic E-state index is -3.59. The molecule has 5 nitrogen and oxygen atoms in total. The van der Waals surface area contributed by atoms with Crippen LogP contribution in [0.4, 0.5) is 0 Å². The predicted molar refractivity (Wildman–Crippen MR) is 116 cm³/mol. The molecule has 0 saturated carbocycles. The van der Waals surface area contributed by atoms with Gasteiger partial charge in [-0.25, -0.2) is 8.42 Å². The van der Waals surface area contributed by atoms with Crippen LogP contribution in [-0.2, 0) is 9.84 Å². The summed E-state index contributed by atoms with van der Waals surface area (Å²) in [4.78, 5) is 12.9. The zero-order chi connectivity index (χ0) is 21.8. The van der Waals surface area contributed by atoms with Gasteiger partial charge in [-0.15, -0.1) is 0 Å². The number of hydrogen-bond acceptors (Lipinski definition) is 5. The highest BCUT2D eigenvalue weighted by Crippen LogP contribution is 2.27. The van der Waals surface area contributed by atoms with Crippen LogP contribution >= 0.6 is 0 Å². The molecule has 4 aromatic carbocycles. The van der Waals surface area contributed by atoms with Crippen LogP contribution in [-0.4, -0.2) is 19.3 Å². The standard InChI is InChI=1S/C25H18O5S/c26-24-9-5-4-8-23(24)25(27)18-10-12-19(13-11-18)30-20-14-16-22(17-15-20)31(28,29)21-6-2-1-3-7-21/h1-17,26H. The maximum Gasteiger partial charge on any atom is 0.206 e. The Morgan fingerprint density at radius 2 is 1.16 bits per heavy atom. The lowest BCUT2D eigenvalue weighted by Crippen LogP contribution is -2.02. The summed E-state index contributed by atoms with van der Waals surface area (Å²) in [7, 11) is -3.59. The highest BCUT2D eigenvalue weighted by molar-refractivity contribution is 7.91. The molecule has 0 aromatic heterocycles. The Balaban J connectivity index is 1.49. The maximum atomic E-state index is 12.7. The second kappa shape index (κ2) is 8.45. The number of aromatic hydroxyl groups is 1. The number of para-hydroxylation sites is 1. The molecule has 4 rings (SSSR count). The Morgan fingerprint density at radius 3 is 1.77 bits per heavy atom. The zero-order valence-corrected chi connectivity index (χ0v) is 17.1. The van der Waals surface area contributed by atoms with E-state index in [1.54, 1.807) is 84.9 Å². The molecule has 0 fully saturated rings. The van der Waals surface area contributed by atoms with Gasteiger partial charge < -0.3 is 9.84 Å². The third kappa shape index (κ3) is 4.34. The number of benzene rings is 4. The molecule has 0 heterocycles. The van der Waals surface area contributed by atoms with Crippen LogP contribution in [0.1, 0.15) is 15.9 Å². The van der Waals surface area contributed by atoms with Crippen molar-refractivity contribution >= 4 is 15.6 Å². The van der Waals surface area contributed by atoms with E-state index in [0.29, 0.717) is 17.1 Å². The Morgan fingerprint density at radius 1 is 0.645 bits per heavy atom. The van der Waals surface area contributed by atoms with Crippen molar-refractivity contribution in [1.29, 1.82) is 0 Å². The summed E-state index contributed by atoms with van der Waals surface area (Å²) in [5.41, 5.74) is 0.643. The average Bonchev–Trinajstić information content (AvgIpc) is 2.80. The molecule has 1 N–H and O–H groups in total. The lowest BCUT2D eigenvalue weighted by Gasteiger charge is -2.09. The number of phenols is 1. The lowest BCUT2D eigenvalue weighted by atomic mass is 10.0. The highest BCUT2D eigenvalue weighted by atomic mass is 32.2. The normalized spacial score (nSPS) is 11.1. The minimum Gasteiger partial charge on any atom is -0.507 e. The number of rotatable bonds is 6. The zero-order valence-electron chi connectivity index (χ0n) is 16.3. The van der Waals surface area contributed by atoms with Gasteiger partial charge in [0.25, 0.3) is 0 Å². The van der Waals surface area contributed by atoms with Crippen molar-refractivity contribution in [3.63, 3.8) is 0 Å². The first-order chi connectivity index (χ1) is 14.9. The first-order valence-corrected chi connectivity index (χ1v) is 10.9. The summed E-state index contributed by atoms with van der Waals surface area (Å²) >= 11 is 0. The number of sulfone groups is 1. The van der Waals surface area contributed by atoms with Gasteiger partial charge in [-0.2, -0.15) is 0 Å². The molecule has 154 valence electrons. The van der Waals surface area contributed by atoms with E-state index in [1.165, 1.54) is 18.2 Å². The SMILES string of the molecule is O=C(c1ccc(Oc2ccc(S(=O)(=O)c3ccccc3)cc2)cc1)c1ccccc1O. The predicted octanol–water partition coefficient (Wildman–Crippen LogP) is 5.25. The van der Waals surface area contributed by atoms with E-state index in [-0.39, 0.29) is 26.9 Å². The van der Waals surface area contributed by atoms with Crippen LogP contribution < -0.4 is 4.74 Å². The van der Waals surface area contributed by atoms with Crippen LogP contribution in [0.15, 0.2) is 113 Å². The summed E-state index contributed by atoms with van der Waals surface area (Å²) in [5, 5.41) is 9.86. The van der Waals surface area contributed by atoms with Gasteiger partial charge in [-0.05, 0) is 72.8 Å². The summed E-state index contributed by atoms with van der Waals surface area (Å²) in [6, 6.07) is 27.2. The smallest absolute Gasteiger partial charge is 0.206 e. The van der Waals surface area contributed by atoms with Gasteiger partial charge >= 0.3 is 0 Å². The number of carbonyl (C=O) groups is 1. The Hall–Kier alpha value is -3.90. The molecule has 0 amide bonds. The van der Waals surface area contributed by atoms with Crippen molar-refractivity contribution in [2.45, 2.75) is 9.79 Å². The fourth-order valence-corrected chi connectivity index (χ4v) is 4.34. The third-order valence-corrected chi connectivity index (χ3v) is 6.47. The summed E-state index contributed by atoms with van der Waals surface area (Å²) in [5.74, 6) is 0.595. The van der Waals surface area contributed by atoms with Crippen molar-refractivity contribution in [2.24, 2.45) is 0 Å². The number of carbonyl (C=O) groups excluding carboxylic acids is 1. The van der Waals surface area contributed by atoms with Crippen molar-refractivity contribution in [3.05, 3.63) is 114 Å². The van der Waals surface area contributed by atoms with E-state index in [1.807, 2.05) is 0 Å². The molecule has 0 unspecified atom stereocenters. The third-order valence-electron chi connectivity index (χ3n) is 4.69. The molecule has 0 aliphatic rings. The fourth-order valence-electron chi connectivity index (χ4n) is 3.05. The van der Waals surface area contributed by atoms with Gasteiger partial charge in [-0.1, -0.05) is 30.3 Å². The molecule has 6 heteroatoms. The Bertz CT molecular complexity index is 1310. The largest absolute Gasteiger partial charge is 0.507 e. The molecule has 0 aliphatic heterocycles. The van der Waals surface area contributed by atoms with E-state index in [4.69, 9.17) is 4.74 Å². The van der Waals surface area contributed by atoms with Gasteiger partial charge in [0.15, 0.2) is 5.78 Å². The molecule has 0 bridgehead atoms. The second-order valence-electron chi connectivity index (χ2n) is 6.76. The minimum absolute atomic E-state index is 0.0710. The quantitative estimate of drug-likeness (QED) is 0.423. The Kier molecular flexibility index (Phi) is 5.56. The van der Waals surface area contributed by atoms with Crippen molar-refractivity contribution in [1.82, 2.24) is 0 Å². The van der Waals surface area contributed by atoms with Crippen LogP contribution in [0.5, 0.6) is 17.2 Å². The number of phenolic OH excluding ortho intramolecular Hbond substituents is 1. The van der Waals surface area contributed by atoms with Crippen LogP contribution in [0.2, 0.25) is 0 Å². The molecule has 31 heavy (non-hydrogen) atoms. The molecule has 0 spiro atoms. The van der Waals surface area contributed by atoms with Crippen LogP contribution in [0, 0.1) is 0 Å². The number of hydrogen-bond donors (Lipinski definition) is 1. The monoisotopic (exact) mass is 430 g/mol. The highest BCUT2D eigenvalue weighted by Gasteiger charge is 2.17. The van der Waals surface area contributed by atoms with Crippen LogP contribution in [0.3, 0.4) is 0 Å². The molecule has 0 aliphatic carbocycles. The Labute approximate surface area is 180 Å². The van der Waals surface area contributed by atoms with Gasteiger partial charge in [0.2, 0.25) is 9.84 Å². The molecular weight excluding hydrogens is 412 g/mol. The topological polar surface area (TPSA) is 80.7 Å². The maximum absolute atomic E-state index is 12.7. The molecule has 0 atom stereocenters. The van der Waals surface area contributed by atoms with Crippen molar-refractivity contribution < 1.29 is 23.1 Å². The average molecular weight is 430 g/mol. The van der Waals surface area contributed by atoms with Gasteiger partial charge in [0, 0.05) is 5.56 Å². The van der Waals surface area contributed by atoms with E-state index in [9.17, 15) is 18.3 Å². The van der Waals surface area contributed by atoms with Crippen molar-refractivity contribution in [2.75, 3.05) is 0 Å². The molecular formula is C25H18O5S. The van der Waals surface area contributed by atoms with E-state index in [0.717, 1.165) is 0 Å². The van der Waals surface area contributed by atoms with Crippen LogP contribution in [0.25, 0.3) is 0 Å². The van der Waals surface area contributed by atoms with E-state index in [2.05, 4.69) is 0 Å². The van der Waals surface area contributed by atoms with Gasteiger partial charge in [0.05, 0.1) is 15.4 Å². The molecule has 0 radical (unpaired) electrons. The molecule has 4 aromatic rings. The summed E-state index contributed by atoms with van der Waals surface area (Å²) < 4.78 is 31.1. The fraction of sp³-hybridized carbons (Fsp3) is 0. The summed E-state index contributed by atoms with van der Waals surface area (Å²) in [6.07, 6.45) is 0. The number of ketones is 1. The van der Waals surface area contributed by atoms with Gasteiger partial charge in [-0.3, -0.25) is 4.79 Å². The second-order valence-corrected chi connectivity index (χ2v) is 8.71. The first-order valence-electron chi connectivity index (χ1n) is 9.46. The number of ether oxygens (including phenoxy) is 1. The van der Waals surface area contributed by atoms with Gasteiger partial charge in [0.1, 0.15) is 17.2 Å². The van der Waals surface area contributed by atoms with E-state index < -0.39 is 9.84 Å². The first kappa shape index (κ1) is 20.4.